The summed E-state index contributed by atoms with van der Waals surface area (Å²) in [6, 6.07) is 10.1. The molecule has 2 saturated heterocycles. The second kappa shape index (κ2) is 8.92. The summed E-state index contributed by atoms with van der Waals surface area (Å²) >= 11 is 0. The summed E-state index contributed by atoms with van der Waals surface area (Å²) in [5.41, 5.74) is 0. The smallest absolute Gasteiger partial charge is 0.193 e. The standard InChI is InChI=1S/C19H29N3O2/c1-20-19(21-12-9-16-8-5-15-23-16)22-13-10-18(11-14-22)24-17-6-3-2-4-7-17/h2-4,6-7,16,18H,5,8-15H2,1H3,(H,20,21). The molecule has 0 aliphatic carbocycles. The number of ether oxygens (including phenoxy) is 2. The average Bonchev–Trinajstić information content (AvgIpc) is 3.14. The molecule has 24 heavy (non-hydrogen) atoms. The SMILES string of the molecule is CN=C(NCCC1CCCO1)N1CCC(Oc2ccccc2)CC1. The number of para-hydroxylation sites is 1. The number of rotatable bonds is 5. The first-order valence-electron chi connectivity index (χ1n) is 9.14. The van der Waals surface area contributed by atoms with Gasteiger partial charge in [-0.1, -0.05) is 18.2 Å². The molecule has 2 heterocycles. The number of piperidine rings is 1. The fourth-order valence-corrected chi connectivity index (χ4v) is 3.43. The van der Waals surface area contributed by atoms with Gasteiger partial charge in [0.15, 0.2) is 5.96 Å². The number of hydrogen-bond acceptors (Lipinski definition) is 3. The summed E-state index contributed by atoms with van der Waals surface area (Å²) < 4.78 is 11.7. The molecule has 1 atom stereocenters. The largest absolute Gasteiger partial charge is 0.490 e. The number of aliphatic imine (C=N–C) groups is 1. The number of nitrogens with zero attached hydrogens (tertiary/aromatic N) is 2. The van der Waals surface area contributed by atoms with Crippen molar-refractivity contribution in [3.05, 3.63) is 30.3 Å². The van der Waals surface area contributed by atoms with Crippen LogP contribution in [0, 0.1) is 0 Å². The lowest BCUT2D eigenvalue weighted by molar-refractivity contribution is 0.104. The van der Waals surface area contributed by atoms with Crippen molar-refractivity contribution in [1.82, 2.24) is 10.2 Å². The van der Waals surface area contributed by atoms with Gasteiger partial charge in [0.1, 0.15) is 11.9 Å². The molecule has 5 nitrogen and oxygen atoms in total. The van der Waals surface area contributed by atoms with Crippen LogP contribution in [0.15, 0.2) is 35.3 Å². The molecular formula is C19H29N3O2. The minimum absolute atomic E-state index is 0.300. The van der Waals surface area contributed by atoms with E-state index in [0.29, 0.717) is 12.2 Å². The van der Waals surface area contributed by atoms with Gasteiger partial charge < -0.3 is 19.7 Å². The number of nitrogens with one attached hydrogen (secondary N) is 1. The molecule has 132 valence electrons. The zero-order valence-electron chi connectivity index (χ0n) is 14.6. The van der Waals surface area contributed by atoms with Crippen molar-refractivity contribution >= 4 is 5.96 Å². The van der Waals surface area contributed by atoms with E-state index >= 15 is 0 Å². The zero-order valence-corrected chi connectivity index (χ0v) is 14.6. The first-order valence-corrected chi connectivity index (χ1v) is 9.14. The highest BCUT2D eigenvalue weighted by atomic mass is 16.5. The summed E-state index contributed by atoms with van der Waals surface area (Å²) in [5.74, 6) is 1.97. The average molecular weight is 331 g/mol. The Hall–Kier alpha value is -1.75. The molecular weight excluding hydrogens is 302 g/mol. The van der Waals surface area contributed by atoms with Gasteiger partial charge in [0.25, 0.3) is 0 Å². The van der Waals surface area contributed by atoms with Gasteiger partial charge in [0, 0.05) is 46.1 Å². The molecule has 0 spiro atoms. The molecule has 5 heteroatoms. The van der Waals surface area contributed by atoms with E-state index < -0.39 is 0 Å². The molecule has 2 fully saturated rings. The Bertz CT molecular complexity index is 507. The molecule has 3 rings (SSSR count). The lowest BCUT2D eigenvalue weighted by Crippen LogP contribution is -2.47. The third-order valence-corrected chi connectivity index (χ3v) is 4.77. The minimum atomic E-state index is 0.300. The van der Waals surface area contributed by atoms with Crippen molar-refractivity contribution in [2.45, 2.75) is 44.3 Å². The van der Waals surface area contributed by atoms with Gasteiger partial charge in [-0.15, -0.1) is 0 Å². The molecule has 1 unspecified atom stereocenters. The van der Waals surface area contributed by atoms with Crippen LogP contribution < -0.4 is 10.1 Å². The third-order valence-electron chi connectivity index (χ3n) is 4.77. The molecule has 0 radical (unpaired) electrons. The summed E-state index contributed by atoms with van der Waals surface area (Å²) in [4.78, 5) is 6.77. The molecule has 2 aliphatic rings. The molecule has 0 saturated carbocycles. The molecule has 1 aromatic rings. The lowest BCUT2D eigenvalue weighted by Gasteiger charge is -2.34. The Morgan fingerprint density at radius 3 is 2.71 bits per heavy atom. The Kier molecular flexibility index (Phi) is 6.35. The van der Waals surface area contributed by atoms with Crippen LogP contribution in [0.3, 0.4) is 0 Å². The topological polar surface area (TPSA) is 46.1 Å². The number of hydrogen-bond donors (Lipinski definition) is 1. The predicted molar refractivity (Wildman–Crippen MR) is 96.6 cm³/mol. The minimum Gasteiger partial charge on any atom is -0.490 e. The Labute approximate surface area is 145 Å². The fraction of sp³-hybridized carbons (Fsp3) is 0.632. The van der Waals surface area contributed by atoms with Crippen LogP contribution >= 0.6 is 0 Å². The van der Waals surface area contributed by atoms with E-state index in [1.165, 1.54) is 12.8 Å². The first kappa shape index (κ1) is 17.1. The van der Waals surface area contributed by atoms with E-state index in [0.717, 1.165) is 57.2 Å². The molecule has 1 aromatic carbocycles. The van der Waals surface area contributed by atoms with Crippen LogP contribution in [0.2, 0.25) is 0 Å². The third kappa shape index (κ3) is 4.87. The summed E-state index contributed by atoms with van der Waals surface area (Å²) in [6.45, 7) is 3.82. The van der Waals surface area contributed by atoms with E-state index in [9.17, 15) is 0 Å². The van der Waals surface area contributed by atoms with Gasteiger partial charge >= 0.3 is 0 Å². The van der Waals surface area contributed by atoms with Gasteiger partial charge in [-0.25, -0.2) is 0 Å². The second-order valence-electron chi connectivity index (χ2n) is 6.52. The van der Waals surface area contributed by atoms with Gasteiger partial charge in [-0.2, -0.15) is 0 Å². The quantitative estimate of drug-likeness (QED) is 0.666. The Morgan fingerprint density at radius 2 is 2.04 bits per heavy atom. The number of guanidine groups is 1. The van der Waals surface area contributed by atoms with Crippen LogP contribution in [0.1, 0.15) is 32.1 Å². The van der Waals surface area contributed by atoms with E-state index in [-0.39, 0.29) is 0 Å². The summed E-state index contributed by atoms with van der Waals surface area (Å²) in [5, 5.41) is 3.49. The van der Waals surface area contributed by atoms with Crippen LogP contribution in [0.5, 0.6) is 5.75 Å². The molecule has 0 amide bonds. The van der Waals surface area contributed by atoms with Crippen molar-refractivity contribution in [2.24, 2.45) is 4.99 Å². The Morgan fingerprint density at radius 1 is 1.25 bits per heavy atom. The second-order valence-corrected chi connectivity index (χ2v) is 6.52. The van der Waals surface area contributed by atoms with Gasteiger partial charge in [-0.3, -0.25) is 4.99 Å². The highest BCUT2D eigenvalue weighted by Gasteiger charge is 2.23. The maximum atomic E-state index is 6.06. The zero-order chi connectivity index (χ0) is 16.6. The van der Waals surface area contributed by atoms with Crippen LogP contribution in [-0.4, -0.2) is 56.4 Å². The number of benzene rings is 1. The molecule has 2 aliphatic heterocycles. The van der Waals surface area contributed by atoms with Crippen LogP contribution in [0.4, 0.5) is 0 Å². The van der Waals surface area contributed by atoms with Crippen molar-refractivity contribution in [1.29, 1.82) is 0 Å². The fourth-order valence-electron chi connectivity index (χ4n) is 3.43. The number of likely N-dealkylation sites (tertiary alicyclic amines) is 1. The van der Waals surface area contributed by atoms with Crippen molar-refractivity contribution < 1.29 is 9.47 Å². The van der Waals surface area contributed by atoms with Crippen molar-refractivity contribution in [3.8, 4) is 5.75 Å². The Balaban J connectivity index is 1.39. The van der Waals surface area contributed by atoms with Crippen molar-refractivity contribution in [3.63, 3.8) is 0 Å². The van der Waals surface area contributed by atoms with E-state index in [1.807, 2.05) is 37.4 Å². The van der Waals surface area contributed by atoms with E-state index in [4.69, 9.17) is 9.47 Å². The van der Waals surface area contributed by atoms with Crippen molar-refractivity contribution in [2.75, 3.05) is 33.3 Å². The maximum Gasteiger partial charge on any atom is 0.193 e. The highest BCUT2D eigenvalue weighted by Crippen LogP contribution is 2.19. The van der Waals surface area contributed by atoms with Gasteiger partial charge in [-0.05, 0) is 31.4 Å². The van der Waals surface area contributed by atoms with Gasteiger partial charge in [0.2, 0.25) is 0 Å². The monoisotopic (exact) mass is 331 g/mol. The lowest BCUT2D eigenvalue weighted by atomic mass is 10.1. The predicted octanol–water partition coefficient (Wildman–Crippen LogP) is 2.67. The maximum absolute atomic E-state index is 6.06. The highest BCUT2D eigenvalue weighted by molar-refractivity contribution is 5.79. The van der Waals surface area contributed by atoms with Crippen LogP contribution in [0.25, 0.3) is 0 Å². The summed E-state index contributed by atoms with van der Waals surface area (Å²) in [6.07, 6.45) is 6.25. The van der Waals surface area contributed by atoms with Gasteiger partial charge in [0.05, 0.1) is 6.10 Å². The van der Waals surface area contributed by atoms with E-state index in [2.05, 4.69) is 15.2 Å². The van der Waals surface area contributed by atoms with Crippen LogP contribution in [-0.2, 0) is 4.74 Å². The normalized spacial score (nSPS) is 22.6. The molecule has 1 N–H and O–H groups in total. The molecule has 0 bridgehead atoms. The van der Waals surface area contributed by atoms with E-state index in [1.54, 1.807) is 0 Å². The first-order chi connectivity index (χ1) is 11.8. The summed E-state index contributed by atoms with van der Waals surface area (Å²) in [7, 11) is 1.86. The molecule has 0 aromatic heterocycles.